The average molecular weight is 542 g/mol. The Kier molecular flexibility index (Phi) is 8.16. The number of nitrogens with one attached hydrogen (secondary N) is 1. The monoisotopic (exact) mass is 541 g/mol. The molecule has 3 rings (SSSR count). The maximum absolute atomic E-state index is 12.9. The lowest BCUT2D eigenvalue weighted by atomic mass is 10.2. The normalized spacial score (nSPS) is 13.4. The lowest BCUT2D eigenvalue weighted by Gasteiger charge is -2.37. The smallest absolute Gasteiger partial charge is 0.414 e. The second kappa shape index (κ2) is 10.6. The number of hydrogen-bond acceptors (Lipinski definition) is 6. The molecule has 0 aliphatic carbocycles. The van der Waals surface area contributed by atoms with E-state index < -0.39 is 20.7 Å². The van der Waals surface area contributed by atoms with Crippen LogP contribution in [0, 0.1) is 0 Å². The van der Waals surface area contributed by atoms with Gasteiger partial charge in [0.1, 0.15) is 11.8 Å². The molecule has 1 aromatic heterocycles. The van der Waals surface area contributed by atoms with Gasteiger partial charge in [-0.05, 0) is 66.7 Å². The van der Waals surface area contributed by atoms with Gasteiger partial charge >= 0.3 is 6.36 Å². The Bertz CT molecular complexity index is 1180. The Morgan fingerprint density at radius 3 is 2.25 bits per heavy atom. The molecule has 0 saturated heterocycles. The molecule has 0 aliphatic heterocycles. The number of halogens is 4. The molecule has 0 saturated carbocycles. The third-order valence-corrected chi connectivity index (χ3v) is 10.7. The summed E-state index contributed by atoms with van der Waals surface area (Å²) in [6.45, 7) is 10.5. The van der Waals surface area contributed by atoms with Gasteiger partial charge in [0.05, 0.1) is 6.61 Å². The summed E-state index contributed by atoms with van der Waals surface area (Å²) in [5.41, 5.74) is 0.796. The van der Waals surface area contributed by atoms with Gasteiger partial charge in [0.15, 0.2) is 8.32 Å². The van der Waals surface area contributed by atoms with Crippen molar-refractivity contribution in [3.8, 4) is 17.1 Å². The van der Waals surface area contributed by atoms with Crippen molar-refractivity contribution in [3.05, 3.63) is 65.0 Å². The molecule has 1 atom stereocenters. The maximum atomic E-state index is 12.9. The predicted molar refractivity (Wildman–Crippen MR) is 131 cm³/mol. The van der Waals surface area contributed by atoms with Crippen molar-refractivity contribution in [2.24, 2.45) is 0 Å². The number of aromatic nitrogens is 2. The lowest BCUT2D eigenvalue weighted by molar-refractivity contribution is -0.274. The molecule has 36 heavy (non-hydrogen) atoms. The highest BCUT2D eigenvalue weighted by Gasteiger charge is 2.38. The zero-order valence-corrected chi connectivity index (χ0v) is 22.2. The quantitative estimate of drug-likeness (QED) is 0.316. The molecule has 12 heteroatoms. The largest absolute Gasteiger partial charge is 0.573 e. The number of ether oxygens (including phenoxy) is 1. The van der Waals surface area contributed by atoms with E-state index in [-0.39, 0.29) is 35.0 Å². The molecule has 0 radical (unpaired) electrons. The highest BCUT2D eigenvalue weighted by Crippen LogP contribution is 2.37. The number of benzene rings is 2. The third-order valence-electron chi connectivity index (χ3n) is 5.91. The highest BCUT2D eigenvalue weighted by molar-refractivity contribution is 6.74. The van der Waals surface area contributed by atoms with Crippen LogP contribution in [0.15, 0.2) is 53.1 Å². The summed E-state index contributed by atoms with van der Waals surface area (Å²) in [6, 6.07) is 10.7. The van der Waals surface area contributed by atoms with E-state index in [2.05, 4.69) is 54.1 Å². The average Bonchev–Trinajstić information content (AvgIpc) is 3.25. The van der Waals surface area contributed by atoms with Gasteiger partial charge in [-0.2, -0.15) is 4.98 Å². The lowest BCUT2D eigenvalue weighted by Crippen LogP contribution is -2.43. The second-order valence-electron chi connectivity index (χ2n) is 9.63. The molecule has 0 unspecified atom stereocenters. The van der Waals surface area contributed by atoms with Crippen LogP contribution in [0.4, 0.5) is 13.2 Å². The molecular weight excluding hydrogens is 515 g/mol. The molecule has 1 amide bonds. The number of amides is 1. The van der Waals surface area contributed by atoms with Crippen molar-refractivity contribution in [2.75, 3.05) is 6.61 Å². The van der Waals surface area contributed by atoms with Crippen LogP contribution >= 0.6 is 11.6 Å². The number of nitrogens with zero attached hydrogens (tertiary/aromatic N) is 2. The Balaban J connectivity index is 1.83. The minimum Gasteiger partial charge on any atom is -0.414 e. The summed E-state index contributed by atoms with van der Waals surface area (Å²) in [5.74, 6) is -0.516. The fourth-order valence-electron chi connectivity index (χ4n) is 2.83. The molecule has 0 aliphatic rings. The molecule has 1 heterocycles. The highest BCUT2D eigenvalue weighted by atomic mass is 35.5. The Labute approximate surface area is 213 Å². The predicted octanol–water partition coefficient (Wildman–Crippen LogP) is 6.78. The van der Waals surface area contributed by atoms with Crippen LogP contribution in [-0.2, 0) is 4.43 Å². The van der Waals surface area contributed by atoms with Crippen molar-refractivity contribution in [3.63, 3.8) is 0 Å². The van der Waals surface area contributed by atoms with E-state index in [9.17, 15) is 18.0 Å². The van der Waals surface area contributed by atoms with Gasteiger partial charge < -0.3 is 19.0 Å². The first kappa shape index (κ1) is 27.7. The number of carbonyl (C=O) groups excluding carboxylic acids is 1. The third kappa shape index (κ3) is 7.31. The molecule has 2 aromatic carbocycles. The van der Waals surface area contributed by atoms with Crippen molar-refractivity contribution in [2.45, 2.75) is 51.3 Å². The van der Waals surface area contributed by atoms with Gasteiger partial charge in [-0.15, -0.1) is 13.2 Å². The van der Waals surface area contributed by atoms with E-state index in [4.69, 9.17) is 20.6 Å². The second-order valence-corrected chi connectivity index (χ2v) is 14.9. The van der Waals surface area contributed by atoms with Crippen molar-refractivity contribution >= 4 is 25.8 Å². The SMILES string of the molecule is CC(C)(C)[Si](C)(C)OC[C@H](NC(=O)c1ccc(Cl)cc1)c1nc(-c2ccc(OC(F)(F)F)cc2)no1. The molecule has 3 aromatic rings. The van der Waals surface area contributed by atoms with Gasteiger partial charge in [-0.25, -0.2) is 0 Å². The Morgan fingerprint density at radius 1 is 1.08 bits per heavy atom. The zero-order valence-electron chi connectivity index (χ0n) is 20.4. The molecular formula is C24H27ClF3N3O4Si. The minimum absolute atomic E-state index is 0.0715. The molecule has 0 bridgehead atoms. The van der Waals surface area contributed by atoms with Crippen LogP contribution < -0.4 is 10.1 Å². The molecule has 0 fully saturated rings. The Hall–Kier alpha value is -2.89. The standard InChI is InChI=1S/C24H27ClF3N3O4Si/c1-23(2,3)36(4,5)33-14-19(29-21(32)16-6-10-17(25)11-7-16)22-30-20(31-35-22)15-8-12-18(13-9-15)34-24(26,27)28/h6-13,19H,14H2,1-5H3,(H,29,32)/t19-/m0/s1. The van der Waals surface area contributed by atoms with E-state index in [0.717, 1.165) is 12.1 Å². The first-order chi connectivity index (χ1) is 16.6. The summed E-state index contributed by atoms with van der Waals surface area (Å²) >= 11 is 5.92. The first-order valence-corrected chi connectivity index (χ1v) is 14.3. The fraction of sp³-hybridized carbons (Fsp3) is 0.375. The van der Waals surface area contributed by atoms with Gasteiger partial charge in [0.2, 0.25) is 5.82 Å². The summed E-state index contributed by atoms with van der Waals surface area (Å²) in [6.07, 6.45) is -4.79. The van der Waals surface area contributed by atoms with Gasteiger partial charge in [0.25, 0.3) is 11.8 Å². The van der Waals surface area contributed by atoms with Crippen LogP contribution in [0.25, 0.3) is 11.4 Å². The summed E-state index contributed by atoms with van der Waals surface area (Å²) in [7, 11) is -2.19. The van der Waals surface area contributed by atoms with E-state index >= 15 is 0 Å². The number of rotatable bonds is 8. The number of hydrogen-bond donors (Lipinski definition) is 1. The first-order valence-electron chi connectivity index (χ1n) is 11.0. The van der Waals surface area contributed by atoms with Crippen molar-refractivity contribution in [1.82, 2.24) is 15.5 Å². The van der Waals surface area contributed by atoms with Gasteiger partial charge in [-0.1, -0.05) is 37.5 Å². The van der Waals surface area contributed by atoms with Crippen LogP contribution in [-0.4, -0.2) is 37.3 Å². The van der Waals surface area contributed by atoms with E-state index in [0.29, 0.717) is 16.1 Å². The van der Waals surface area contributed by atoms with Gasteiger partial charge in [0, 0.05) is 16.1 Å². The van der Waals surface area contributed by atoms with Crippen LogP contribution in [0.3, 0.4) is 0 Å². The van der Waals surface area contributed by atoms with Crippen LogP contribution in [0.1, 0.15) is 43.1 Å². The topological polar surface area (TPSA) is 86.5 Å². The summed E-state index contributed by atoms with van der Waals surface area (Å²) < 4.78 is 52.9. The van der Waals surface area contributed by atoms with E-state index in [1.54, 1.807) is 24.3 Å². The zero-order chi connectivity index (χ0) is 26.7. The fourth-order valence-corrected chi connectivity index (χ4v) is 3.97. The molecule has 194 valence electrons. The number of alkyl halides is 3. The van der Waals surface area contributed by atoms with Crippen molar-refractivity contribution < 1.29 is 31.7 Å². The van der Waals surface area contributed by atoms with E-state index in [1.165, 1.54) is 12.1 Å². The molecule has 1 N–H and O–H groups in total. The van der Waals surface area contributed by atoms with Crippen LogP contribution in [0.5, 0.6) is 5.75 Å². The van der Waals surface area contributed by atoms with Crippen molar-refractivity contribution in [1.29, 1.82) is 0 Å². The van der Waals surface area contributed by atoms with Crippen LogP contribution in [0.2, 0.25) is 23.2 Å². The van der Waals surface area contributed by atoms with E-state index in [1.807, 2.05) is 0 Å². The molecule has 7 nitrogen and oxygen atoms in total. The van der Waals surface area contributed by atoms with Gasteiger partial charge in [-0.3, -0.25) is 4.79 Å². The maximum Gasteiger partial charge on any atom is 0.573 e. The number of carbonyl (C=O) groups is 1. The summed E-state index contributed by atoms with van der Waals surface area (Å²) in [5, 5.41) is 7.23. The Morgan fingerprint density at radius 2 is 1.69 bits per heavy atom. The molecule has 0 spiro atoms. The minimum atomic E-state index is -4.79. The summed E-state index contributed by atoms with van der Waals surface area (Å²) in [4.78, 5) is 17.3.